The van der Waals surface area contributed by atoms with Gasteiger partial charge in [-0.05, 0) is 31.9 Å². The van der Waals surface area contributed by atoms with Gasteiger partial charge in [-0.25, -0.2) is 4.39 Å². The molecule has 1 aromatic rings. The van der Waals surface area contributed by atoms with Crippen LogP contribution in [0.5, 0.6) is 0 Å². The second kappa shape index (κ2) is 3.45. The second-order valence-electron chi connectivity index (χ2n) is 4.95. The zero-order valence-corrected chi connectivity index (χ0v) is 9.76. The lowest BCUT2D eigenvalue weighted by Crippen LogP contribution is -2.55. The summed E-state index contributed by atoms with van der Waals surface area (Å²) in [5.74, 6) is -0.0786. The number of piperazine rings is 1. The Bertz CT molecular complexity index is 430. The van der Waals surface area contributed by atoms with Gasteiger partial charge >= 0.3 is 0 Å². The highest BCUT2D eigenvalue weighted by atomic mass is 19.1. The maximum atomic E-state index is 13.6. The van der Waals surface area contributed by atoms with E-state index in [1.807, 2.05) is 13.0 Å². The van der Waals surface area contributed by atoms with Crippen molar-refractivity contribution in [1.82, 2.24) is 5.32 Å². The van der Waals surface area contributed by atoms with Crippen LogP contribution in [0.4, 0.5) is 10.1 Å². The highest BCUT2D eigenvalue weighted by molar-refractivity contribution is 5.65. The molecule has 3 rings (SSSR count). The Morgan fingerprint density at radius 1 is 1.38 bits per heavy atom. The van der Waals surface area contributed by atoms with Crippen LogP contribution in [-0.4, -0.2) is 25.2 Å². The van der Waals surface area contributed by atoms with Crippen molar-refractivity contribution < 1.29 is 4.39 Å². The third-order valence-electron chi connectivity index (χ3n) is 3.85. The third kappa shape index (κ3) is 1.27. The first kappa shape index (κ1) is 10.1. The van der Waals surface area contributed by atoms with E-state index in [1.54, 1.807) is 6.07 Å². The van der Waals surface area contributed by atoms with E-state index in [0.29, 0.717) is 12.1 Å². The van der Waals surface area contributed by atoms with Crippen LogP contribution in [0.1, 0.15) is 18.1 Å². The van der Waals surface area contributed by atoms with Crippen LogP contribution < -0.4 is 10.2 Å². The summed E-state index contributed by atoms with van der Waals surface area (Å²) in [7, 11) is 0. The van der Waals surface area contributed by atoms with Crippen LogP contribution in [0, 0.1) is 12.7 Å². The number of anilines is 1. The number of nitrogens with zero attached hydrogens (tertiary/aromatic N) is 1. The summed E-state index contributed by atoms with van der Waals surface area (Å²) in [5, 5.41) is 3.44. The molecule has 0 amide bonds. The van der Waals surface area contributed by atoms with Gasteiger partial charge in [0.1, 0.15) is 5.82 Å². The Morgan fingerprint density at radius 2 is 2.19 bits per heavy atom. The zero-order valence-electron chi connectivity index (χ0n) is 9.76. The average Bonchev–Trinajstić information content (AvgIpc) is 2.64. The molecule has 2 atom stereocenters. The normalized spacial score (nSPS) is 27.8. The fraction of sp³-hybridized carbons (Fsp3) is 0.538. The van der Waals surface area contributed by atoms with Gasteiger partial charge in [0, 0.05) is 36.4 Å². The number of hydrogen-bond donors (Lipinski definition) is 1. The van der Waals surface area contributed by atoms with Gasteiger partial charge in [0.15, 0.2) is 0 Å². The first-order valence-electron chi connectivity index (χ1n) is 5.95. The smallest absolute Gasteiger partial charge is 0.128 e. The number of hydrogen-bond acceptors (Lipinski definition) is 2. The van der Waals surface area contributed by atoms with Gasteiger partial charge in [0.05, 0.1) is 0 Å². The summed E-state index contributed by atoms with van der Waals surface area (Å²) in [6.45, 7) is 6.11. The van der Waals surface area contributed by atoms with Crippen molar-refractivity contribution >= 4 is 5.69 Å². The molecule has 1 N–H and O–H groups in total. The lowest BCUT2D eigenvalue weighted by molar-refractivity contribution is 0.429. The van der Waals surface area contributed by atoms with Gasteiger partial charge in [-0.15, -0.1) is 0 Å². The van der Waals surface area contributed by atoms with Gasteiger partial charge in [-0.1, -0.05) is 6.07 Å². The molecule has 0 aromatic heterocycles. The van der Waals surface area contributed by atoms with Crippen molar-refractivity contribution in [3.05, 3.63) is 29.1 Å². The molecule has 1 aromatic carbocycles. The Hall–Kier alpha value is -1.09. The number of benzene rings is 1. The van der Waals surface area contributed by atoms with E-state index in [2.05, 4.69) is 17.1 Å². The molecule has 0 saturated carbocycles. The summed E-state index contributed by atoms with van der Waals surface area (Å²) in [5.41, 5.74) is 3.27. The molecule has 0 bridgehead atoms. The molecule has 3 heteroatoms. The lowest BCUT2D eigenvalue weighted by Gasteiger charge is -2.39. The molecule has 0 unspecified atom stereocenters. The van der Waals surface area contributed by atoms with Crippen molar-refractivity contribution in [1.29, 1.82) is 0 Å². The van der Waals surface area contributed by atoms with Crippen molar-refractivity contribution in [2.75, 3.05) is 18.0 Å². The standard InChI is InChI=1S/C13H17FN2/c1-8-6-15-7-11-5-10-3-4-12(14)9(2)13(10)16(8)11/h3-4,8,11,15H,5-7H2,1-2H3/t8-,11-/m1/s1. The van der Waals surface area contributed by atoms with Crippen molar-refractivity contribution in [2.24, 2.45) is 0 Å². The van der Waals surface area contributed by atoms with Crippen molar-refractivity contribution in [3.63, 3.8) is 0 Å². The first-order valence-corrected chi connectivity index (χ1v) is 5.95. The molecule has 2 aliphatic heterocycles. The van der Waals surface area contributed by atoms with E-state index in [4.69, 9.17) is 0 Å². The molecular formula is C13H17FN2. The van der Waals surface area contributed by atoms with Crippen molar-refractivity contribution in [2.45, 2.75) is 32.4 Å². The number of halogens is 1. The Balaban J connectivity index is 2.11. The molecule has 0 radical (unpaired) electrons. The Kier molecular flexibility index (Phi) is 2.18. The van der Waals surface area contributed by atoms with Gasteiger partial charge in [0.25, 0.3) is 0 Å². The zero-order chi connectivity index (χ0) is 11.3. The van der Waals surface area contributed by atoms with Gasteiger partial charge in [0.2, 0.25) is 0 Å². The molecule has 2 aliphatic rings. The van der Waals surface area contributed by atoms with Crippen LogP contribution in [0.25, 0.3) is 0 Å². The third-order valence-corrected chi connectivity index (χ3v) is 3.85. The molecule has 0 aliphatic carbocycles. The predicted octanol–water partition coefficient (Wildman–Crippen LogP) is 1.86. The van der Waals surface area contributed by atoms with Gasteiger partial charge in [-0.3, -0.25) is 0 Å². The van der Waals surface area contributed by atoms with E-state index >= 15 is 0 Å². The summed E-state index contributed by atoms with van der Waals surface area (Å²) in [4.78, 5) is 2.41. The predicted molar refractivity (Wildman–Crippen MR) is 63.4 cm³/mol. The number of nitrogens with one attached hydrogen (secondary N) is 1. The summed E-state index contributed by atoms with van der Waals surface area (Å²) < 4.78 is 13.6. The molecule has 86 valence electrons. The van der Waals surface area contributed by atoms with E-state index in [1.165, 1.54) is 5.56 Å². The molecule has 0 spiro atoms. The van der Waals surface area contributed by atoms with E-state index in [-0.39, 0.29) is 5.82 Å². The summed E-state index contributed by atoms with van der Waals surface area (Å²) in [6.07, 6.45) is 1.05. The topological polar surface area (TPSA) is 15.3 Å². The quantitative estimate of drug-likeness (QED) is 0.718. The average molecular weight is 220 g/mol. The SMILES string of the molecule is Cc1c(F)ccc2c1N1[C@@H](CNC[C@H]1C)C2. The minimum Gasteiger partial charge on any atom is -0.362 e. The van der Waals surface area contributed by atoms with Crippen LogP contribution in [-0.2, 0) is 6.42 Å². The van der Waals surface area contributed by atoms with E-state index < -0.39 is 0 Å². The molecule has 16 heavy (non-hydrogen) atoms. The first-order chi connectivity index (χ1) is 7.68. The number of rotatable bonds is 0. The van der Waals surface area contributed by atoms with Crippen LogP contribution in [0.2, 0.25) is 0 Å². The van der Waals surface area contributed by atoms with Crippen LogP contribution in [0.15, 0.2) is 12.1 Å². The van der Waals surface area contributed by atoms with Crippen LogP contribution in [0.3, 0.4) is 0 Å². The van der Waals surface area contributed by atoms with E-state index in [9.17, 15) is 4.39 Å². The molecule has 1 fully saturated rings. The summed E-state index contributed by atoms with van der Waals surface area (Å²) in [6, 6.07) is 4.52. The molecule has 2 heterocycles. The molecule has 2 nitrogen and oxygen atoms in total. The molecular weight excluding hydrogens is 203 g/mol. The van der Waals surface area contributed by atoms with Crippen LogP contribution >= 0.6 is 0 Å². The minimum atomic E-state index is -0.0786. The Labute approximate surface area is 95.4 Å². The van der Waals surface area contributed by atoms with Gasteiger partial charge in [-0.2, -0.15) is 0 Å². The maximum absolute atomic E-state index is 13.6. The largest absolute Gasteiger partial charge is 0.362 e. The van der Waals surface area contributed by atoms with Crippen molar-refractivity contribution in [3.8, 4) is 0 Å². The highest BCUT2D eigenvalue weighted by Gasteiger charge is 2.36. The monoisotopic (exact) mass is 220 g/mol. The highest BCUT2D eigenvalue weighted by Crippen LogP contribution is 2.38. The number of fused-ring (bicyclic) bond motifs is 3. The molecule has 1 saturated heterocycles. The fourth-order valence-corrected chi connectivity index (χ4v) is 3.10. The maximum Gasteiger partial charge on any atom is 0.128 e. The fourth-order valence-electron chi connectivity index (χ4n) is 3.10. The Morgan fingerprint density at radius 3 is 3.00 bits per heavy atom. The van der Waals surface area contributed by atoms with E-state index in [0.717, 1.165) is 30.8 Å². The summed E-state index contributed by atoms with van der Waals surface area (Å²) >= 11 is 0. The second-order valence-corrected chi connectivity index (χ2v) is 4.95. The lowest BCUT2D eigenvalue weighted by atomic mass is 10.1. The van der Waals surface area contributed by atoms with Gasteiger partial charge < -0.3 is 10.2 Å². The minimum absolute atomic E-state index is 0.0786.